The molecule has 3 rings (SSSR count). The lowest BCUT2D eigenvalue weighted by molar-refractivity contribution is -0.147. The first-order valence-electron chi connectivity index (χ1n) is 6.13. The monoisotopic (exact) mass is 223 g/mol. The molecule has 0 bridgehead atoms. The second kappa shape index (κ2) is 3.29. The summed E-state index contributed by atoms with van der Waals surface area (Å²) in [6, 6.07) is -0.0177. The van der Waals surface area contributed by atoms with Crippen LogP contribution in [0.25, 0.3) is 0 Å². The molecule has 3 fully saturated rings. The Balaban J connectivity index is 1.78. The molecule has 0 aromatic carbocycles. The molecule has 3 aliphatic rings. The van der Waals surface area contributed by atoms with E-state index in [2.05, 4.69) is 6.92 Å². The number of amides is 2. The smallest absolute Gasteiger partial charge is 0.233 e. The average molecular weight is 223 g/mol. The normalized spacial score (nSPS) is 47.1. The van der Waals surface area contributed by atoms with Gasteiger partial charge in [0.15, 0.2) is 0 Å². The number of nitrogens with zero attached hydrogens (tertiary/aromatic N) is 1. The summed E-state index contributed by atoms with van der Waals surface area (Å²) in [4.78, 5) is 25.7. The molecule has 88 valence electrons. The number of hydrogen-bond acceptors (Lipinski definition) is 3. The second-order valence-electron chi connectivity index (χ2n) is 5.62. The van der Waals surface area contributed by atoms with Gasteiger partial charge in [-0.1, -0.05) is 6.92 Å². The van der Waals surface area contributed by atoms with Crippen LogP contribution in [0.2, 0.25) is 0 Å². The van der Waals surface area contributed by atoms with Gasteiger partial charge in [0, 0.05) is 6.04 Å². The molecule has 0 spiro atoms. The van der Waals surface area contributed by atoms with E-state index in [4.69, 9.17) is 0 Å². The quantitative estimate of drug-likeness (QED) is 0.660. The molecule has 16 heavy (non-hydrogen) atoms. The molecular weight excluding hydrogens is 206 g/mol. The van der Waals surface area contributed by atoms with E-state index in [1.54, 1.807) is 0 Å². The summed E-state index contributed by atoms with van der Waals surface area (Å²) in [5.41, 5.74) is 0. The van der Waals surface area contributed by atoms with Crippen LogP contribution in [0.15, 0.2) is 0 Å². The van der Waals surface area contributed by atoms with Crippen LogP contribution < -0.4 is 0 Å². The maximum Gasteiger partial charge on any atom is 0.233 e. The maximum atomic E-state index is 12.1. The van der Waals surface area contributed by atoms with Gasteiger partial charge in [0.1, 0.15) is 0 Å². The van der Waals surface area contributed by atoms with Crippen LogP contribution in [0, 0.1) is 17.8 Å². The number of hydrogen-bond donors (Lipinski definition) is 1. The first-order valence-corrected chi connectivity index (χ1v) is 6.13. The van der Waals surface area contributed by atoms with Gasteiger partial charge in [-0.2, -0.15) is 0 Å². The van der Waals surface area contributed by atoms with E-state index in [0.29, 0.717) is 18.8 Å². The summed E-state index contributed by atoms with van der Waals surface area (Å²) in [6.07, 6.45) is 2.56. The van der Waals surface area contributed by atoms with Crippen LogP contribution in [-0.2, 0) is 9.59 Å². The van der Waals surface area contributed by atoms with E-state index in [-0.39, 0.29) is 35.8 Å². The number of aliphatic hydroxyl groups excluding tert-OH is 1. The fourth-order valence-corrected chi connectivity index (χ4v) is 3.43. The zero-order chi connectivity index (χ0) is 11.4. The van der Waals surface area contributed by atoms with Gasteiger partial charge in [-0.15, -0.1) is 0 Å². The number of fused-ring (bicyclic) bond motifs is 1. The molecule has 4 nitrogen and oxygen atoms in total. The van der Waals surface area contributed by atoms with Crippen LogP contribution in [0.1, 0.15) is 32.6 Å². The Morgan fingerprint density at radius 1 is 1.06 bits per heavy atom. The lowest BCUT2D eigenvalue weighted by atomic mass is 9.88. The Kier molecular flexibility index (Phi) is 2.11. The summed E-state index contributed by atoms with van der Waals surface area (Å²) in [5, 5.41) is 9.25. The van der Waals surface area contributed by atoms with Crippen molar-refractivity contribution in [3.05, 3.63) is 0 Å². The molecule has 2 amide bonds. The first kappa shape index (κ1) is 10.3. The summed E-state index contributed by atoms with van der Waals surface area (Å²) < 4.78 is 0. The highest BCUT2D eigenvalue weighted by molar-refractivity contribution is 6.05. The van der Waals surface area contributed by atoms with E-state index in [1.165, 1.54) is 4.90 Å². The number of carbonyl (C=O) groups excluding carboxylic acids is 2. The fraction of sp³-hybridized carbons (Fsp3) is 0.833. The third kappa shape index (κ3) is 1.25. The van der Waals surface area contributed by atoms with Gasteiger partial charge >= 0.3 is 0 Å². The number of aliphatic hydroxyl groups is 1. The Labute approximate surface area is 94.6 Å². The maximum absolute atomic E-state index is 12.1. The van der Waals surface area contributed by atoms with Gasteiger partial charge < -0.3 is 5.11 Å². The molecule has 2 aliphatic carbocycles. The summed E-state index contributed by atoms with van der Waals surface area (Å²) in [6.45, 7) is 2.11. The molecule has 1 aliphatic heterocycles. The molecule has 1 saturated heterocycles. The Hall–Kier alpha value is -0.900. The highest BCUT2D eigenvalue weighted by Gasteiger charge is 2.55. The zero-order valence-corrected chi connectivity index (χ0v) is 9.43. The summed E-state index contributed by atoms with van der Waals surface area (Å²) in [7, 11) is 0. The lowest BCUT2D eigenvalue weighted by Gasteiger charge is -2.37. The number of rotatable bonds is 1. The highest BCUT2D eigenvalue weighted by atomic mass is 16.3. The van der Waals surface area contributed by atoms with Crippen molar-refractivity contribution in [2.75, 3.05) is 0 Å². The van der Waals surface area contributed by atoms with E-state index in [1.807, 2.05) is 0 Å². The van der Waals surface area contributed by atoms with Crippen molar-refractivity contribution < 1.29 is 14.7 Å². The van der Waals surface area contributed by atoms with Crippen LogP contribution >= 0.6 is 0 Å². The van der Waals surface area contributed by atoms with E-state index in [0.717, 1.165) is 12.8 Å². The van der Waals surface area contributed by atoms with E-state index >= 15 is 0 Å². The average Bonchev–Trinajstić information content (AvgIpc) is 2.65. The van der Waals surface area contributed by atoms with Crippen molar-refractivity contribution in [2.24, 2.45) is 17.8 Å². The van der Waals surface area contributed by atoms with Crippen LogP contribution in [-0.4, -0.2) is 34.0 Å². The number of carbonyl (C=O) groups is 2. The molecule has 4 heteroatoms. The highest BCUT2D eigenvalue weighted by Crippen LogP contribution is 2.45. The van der Waals surface area contributed by atoms with Crippen molar-refractivity contribution in [1.82, 2.24) is 4.90 Å². The van der Waals surface area contributed by atoms with Gasteiger partial charge in [-0.25, -0.2) is 0 Å². The molecule has 2 unspecified atom stereocenters. The predicted molar refractivity (Wildman–Crippen MR) is 56.3 cm³/mol. The van der Waals surface area contributed by atoms with Crippen LogP contribution in [0.4, 0.5) is 0 Å². The summed E-state index contributed by atoms with van der Waals surface area (Å²) in [5.74, 6) is 0.435. The van der Waals surface area contributed by atoms with Crippen molar-refractivity contribution in [2.45, 2.75) is 44.8 Å². The minimum absolute atomic E-state index is 0.0177. The topological polar surface area (TPSA) is 57.6 Å². The molecular formula is C12H17NO3. The number of likely N-dealkylation sites (tertiary alicyclic amines) is 1. The van der Waals surface area contributed by atoms with Crippen molar-refractivity contribution in [1.29, 1.82) is 0 Å². The SMILES string of the molecule is CC1CC2C(=O)N(C3CC(O)C3)C(=O)C2C1. The van der Waals surface area contributed by atoms with Crippen molar-refractivity contribution in [3.8, 4) is 0 Å². The third-order valence-corrected chi connectivity index (χ3v) is 4.36. The first-order chi connectivity index (χ1) is 7.58. The van der Waals surface area contributed by atoms with Gasteiger partial charge in [0.25, 0.3) is 0 Å². The lowest BCUT2D eigenvalue weighted by Crippen LogP contribution is -2.50. The predicted octanol–water partition coefficient (Wildman–Crippen LogP) is 0.541. The van der Waals surface area contributed by atoms with Crippen LogP contribution in [0.3, 0.4) is 0 Å². The Morgan fingerprint density at radius 2 is 1.56 bits per heavy atom. The molecule has 0 radical (unpaired) electrons. The van der Waals surface area contributed by atoms with Gasteiger partial charge in [-0.05, 0) is 31.6 Å². The largest absolute Gasteiger partial charge is 0.393 e. The molecule has 1 heterocycles. The van der Waals surface area contributed by atoms with Crippen LogP contribution in [0.5, 0.6) is 0 Å². The van der Waals surface area contributed by atoms with Crippen molar-refractivity contribution >= 4 is 11.8 Å². The Morgan fingerprint density at radius 3 is 2.00 bits per heavy atom. The standard InChI is InChI=1S/C12H17NO3/c1-6-2-9-10(3-6)12(16)13(11(9)15)7-4-8(14)5-7/h6-10,14H,2-5H2,1H3. The molecule has 1 N–H and O–H groups in total. The molecule has 0 aromatic rings. The van der Waals surface area contributed by atoms with Gasteiger partial charge in [0.05, 0.1) is 17.9 Å². The number of imide groups is 1. The van der Waals surface area contributed by atoms with Gasteiger partial charge in [-0.3, -0.25) is 14.5 Å². The minimum Gasteiger partial charge on any atom is -0.393 e. The minimum atomic E-state index is -0.315. The van der Waals surface area contributed by atoms with E-state index in [9.17, 15) is 14.7 Å². The third-order valence-electron chi connectivity index (χ3n) is 4.36. The fourth-order valence-electron chi connectivity index (χ4n) is 3.43. The Bertz CT molecular complexity index is 324. The molecule has 2 atom stereocenters. The molecule has 2 saturated carbocycles. The van der Waals surface area contributed by atoms with Crippen molar-refractivity contribution in [3.63, 3.8) is 0 Å². The van der Waals surface area contributed by atoms with Gasteiger partial charge in [0.2, 0.25) is 11.8 Å². The second-order valence-corrected chi connectivity index (χ2v) is 5.62. The summed E-state index contributed by atoms with van der Waals surface area (Å²) >= 11 is 0. The molecule has 0 aromatic heterocycles. The van der Waals surface area contributed by atoms with E-state index < -0.39 is 0 Å². The zero-order valence-electron chi connectivity index (χ0n) is 9.43.